The second-order valence-corrected chi connectivity index (χ2v) is 7.81. The minimum atomic E-state index is -4.90. The first kappa shape index (κ1) is 25.2. The Bertz CT molecular complexity index is 1180. The summed E-state index contributed by atoms with van der Waals surface area (Å²) in [5, 5.41) is 14.1. The molecule has 0 heterocycles. The summed E-state index contributed by atoms with van der Waals surface area (Å²) in [5.74, 6) is -1.49. The molecule has 0 atom stereocenters. The van der Waals surface area contributed by atoms with Gasteiger partial charge in [-0.1, -0.05) is 53.5 Å². The second-order valence-electron chi connectivity index (χ2n) is 6.99. The number of urea groups is 1. The zero-order valence-electron chi connectivity index (χ0n) is 17.2. The lowest BCUT2D eigenvalue weighted by Gasteiger charge is -2.16. The van der Waals surface area contributed by atoms with Crippen molar-refractivity contribution in [2.45, 2.75) is 12.8 Å². The van der Waals surface area contributed by atoms with Crippen molar-refractivity contribution in [3.8, 4) is 16.9 Å². The molecular weight excluding hydrogens is 496 g/mol. The van der Waals surface area contributed by atoms with Crippen molar-refractivity contribution in [1.29, 1.82) is 0 Å². The second kappa shape index (κ2) is 10.7. The van der Waals surface area contributed by atoms with Gasteiger partial charge >= 0.3 is 18.4 Å². The third-order valence-corrected chi connectivity index (χ3v) is 5.18. The number of para-hydroxylation sites is 1. The molecule has 3 N–H and O–H groups in total. The first-order valence-electron chi connectivity index (χ1n) is 9.75. The van der Waals surface area contributed by atoms with E-state index in [0.717, 1.165) is 11.6 Å². The van der Waals surface area contributed by atoms with Crippen LogP contribution in [0.25, 0.3) is 11.1 Å². The fourth-order valence-corrected chi connectivity index (χ4v) is 3.79. The van der Waals surface area contributed by atoms with Gasteiger partial charge in [0.2, 0.25) is 0 Å². The number of carbonyl (C=O) groups excluding carboxylic acids is 1. The summed E-state index contributed by atoms with van der Waals surface area (Å²) < 4.78 is 42.3. The van der Waals surface area contributed by atoms with E-state index in [4.69, 9.17) is 28.3 Å². The molecule has 0 unspecified atom stereocenters. The number of amides is 2. The standard InChI is InChI=1S/C23H17Cl2F3N2O4/c24-17-11-15(30-22(33)29-10-9-13-5-7-14(8-6-13)21(31)32)12-18(25)20(17)16-3-1-2-4-19(16)34-23(26,27)28/h1-8,11-12H,9-10H2,(H,31,32)(H2,29,30,33). The van der Waals surface area contributed by atoms with Gasteiger partial charge in [0, 0.05) is 23.4 Å². The van der Waals surface area contributed by atoms with Crippen LogP contribution in [0.15, 0.2) is 60.7 Å². The predicted octanol–water partition coefficient (Wildman–Crippen LogP) is 6.62. The van der Waals surface area contributed by atoms with Crippen molar-refractivity contribution in [2.24, 2.45) is 0 Å². The van der Waals surface area contributed by atoms with Crippen LogP contribution in [0.1, 0.15) is 15.9 Å². The molecule has 0 spiro atoms. The molecule has 34 heavy (non-hydrogen) atoms. The van der Waals surface area contributed by atoms with Crippen LogP contribution < -0.4 is 15.4 Å². The SMILES string of the molecule is O=C(NCCc1ccc(C(=O)O)cc1)Nc1cc(Cl)c(-c2ccccc2OC(F)(F)F)c(Cl)c1. The lowest BCUT2D eigenvalue weighted by molar-refractivity contribution is -0.274. The molecule has 0 aliphatic carbocycles. The minimum absolute atomic E-state index is 0.0135. The van der Waals surface area contributed by atoms with E-state index in [1.165, 1.54) is 42.5 Å². The Balaban J connectivity index is 1.66. The Labute approximate surface area is 202 Å². The summed E-state index contributed by atoms with van der Waals surface area (Å²) in [7, 11) is 0. The number of anilines is 1. The summed E-state index contributed by atoms with van der Waals surface area (Å²) in [4.78, 5) is 23.1. The number of carbonyl (C=O) groups is 2. The number of hydrogen-bond acceptors (Lipinski definition) is 3. The number of rotatable bonds is 7. The van der Waals surface area contributed by atoms with Gasteiger partial charge in [0.25, 0.3) is 0 Å². The molecule has 0 aliphatic rings. The number of nitrogens with one attached hydrogen (secondary N) is 2. The predicted molar refractivity (Wildman–Crippen MR) is 123 cm³/mol. The zero-order valence-corrected chi connectivity index (χ0v) is 18.8. The van der Waals surface area contributed by atoms with E-state index in [2.05, 4.69) is 15.4 Å². The number of aromatic carboxylic acids is 1. The van der Waals surface area contributed by atoms with E-state index in [1.807, 2.05) is 0 Å². The molecule has 3 aromatic carbocycles. The lowest BCUT2D eigenvalue weighted by atomic mass is 10.0. The summed E-state index contributed by atoms with van der Waals surface area (Å²) in [5.41, 5.74) is 1.40. The van der Waals surface area contributed by atoms with Gasteiger partial charge in [-0.2, -0.15) is 0 Å². The maximum atomic E-state index is 12.7. The van der Waals surface area contributed by atoms with E-state index in [1.54, 1.807) is 12.1 Å². The summed E-state index contributed by atoms with van der Waals surface area (Å²) in [6, 6.07) is 13.8. The molecule has 3 rings (SSSR count). The van der Waals surface area contributed by atoms with Crippen LogP contribution in [0, 0.1) is 0 Å². The molecule has 11 heteroatoms. The molecule has 0 saturated heterocycles. The van der Waals surface area contributed by atoms with Gasteiger partial charge in [0.1, 0.15) is 5.75 Å². The Kier molecular flexibility index (Phi) is 7.90. The molecule has 178 valence electrons. The maximum absolute atomic E-state index is 12.7. The molecule has 0 aliphatic heterocycles. The molecule has 6 nitrogen and oxygen atoms in total. The number of hydrogen-bond donors (Lipinski definition) is 3. The van der Waals surface area contributed by atoms with Crippen LogP contribution in [0.3, 0.4) is 0 Å². The van der Waals surface area contributed by atoms with Gasteiger partial charge in [-0.05, 0) is 42.3 Å². The van der Waals surface area contributed by atoms with Crippen molar-refractivity contribution in [2.75, 3.05) is 11.9 Å². The number of benzene rings is 3. The Morgan fingerprint density at radius 1 is 0.971 bits per heavy atom. The quantitative estimate of drug-likeness (QED) is 0.331. The van der Waals surface area contributed by atoms with Gasteiger partial charge in [0.15, 0.2) is 0 Å². The smallest absolute Gasteiger partial charge is 0.478 e. The molecule has 2 amide bonds. The van der Waals surface area contributed by atoms with E-state index in [-0.39, 0.29) is 39.0 Å². The highest BCUT2D eigenvalue weighted by Crippen LogP contribution is 2.42. The first-order valence-corrected chi connectivity index (χ1v) is 10.5. The molecule has 0 radical (unpaired) electrons. The number of carboxylic acid groups (broad SMARTS) is 1. The largest absolute Gasteiger partial charge is 0.573 e. The van der Waals surface area contributed by atoms with Crippen molar-refractivity contribution in [3.05, 3.63) is 81.8 Å². The minimum Gasteiger partial charge on any atom is -0.478 e. The Morgan fingerprint density at radius 2 is 1.59 bits per heavy atom. The average Bonchev–Trinajstić information content (AvgIpc) is 2.74. The van der Waals surface area contributed by atoms with Crippen molar-refractivity contribution in [3.63, 3.8) is 0 Å². The third-order valence-electron chi connectivity index (χ3n) is 4.58. The van der Waals surface area contributed by atoms with Crippen LogP contribution in [-0.4, -0.2) is 30.0 Å². The van der Waals surface area contributed by atoms with Crippen LogP contribution in [0.5, 0.6) is 5.75 Å². The summed E-state index contributed by atoms with van der Waals surface area (Å²) in [6.45, 7) is 0.264. The van der Waals surface area contributed by atoms with Crippen molar-refractivity contribution < 1.29 is 32.6 Å². The summed E-state index contributed by atoms with van der Waals surface area (Å²) >= 11 is 12.6. The topological polar surface area (TPSA) is 87.7 Å². The number of ether oxygens (including phenoxy) is 1. The van der Waals surface area contributed by atoms with E-state index in [9.17, 15) is 22.8 Å². The molecule has 0 aromatic heterocycles. The van der Waals surface area contributed by atoms with Crippen LogP contribution in [-0.2, 0) is 6.42 Å². The highest BCUT2D eigenvalue weighted by molar-refractivity contribution is 6.40. The third kappa shape index (κ3) is 6.79. The number of carboxylic acids is 1. The van der Waals surface area contributed by atoms with Crippen LogP contribution in [0.2, 0.25) is 10.0 Å². The highest BCUT2D eigenvalue weighted by Gasteiger charge is 2.32. The number of alkyl halides is 3. The van der Waals surface area contributed by atoms with E-state index >= 15 is 0 Å². The Morgan fingerprint density at radius 3 is 2.18 bits per heavy atom. The normalized spacial score (nSPS) is 11.1. The molecular formula is C23H17Cl2F3N2O4. The zero-order chi connectivity index (χ0) is 24.9. The fourth-order valence-electron chi connectivity index (χ4n) is 3.10. The van der Waals surface area contributed by atoms with Gasteiger partial charge in [-0.15, -0.1) is 13.2 Å². The van der Waals surface area contributed by atoms with Crippen LogP contribution in [0.4, 0.5) is 23.7 Å². The average molecular weight is 513 g/mol. The Hall–Kier alpha value is -3.43. The lowest BCUT2D eigenvalue weighted by Crippen LogP contribution is -2.30. The van der Waals surface area contributed by atoms with Gasteiger partial charge in [0.05, 0.1) is 15.6 Å². The fraction of sp³-hybridized carbons (Fsp3) is 0.130. The van der Waals surface area contributed by atoms with Crippen molar-refractivity contribution in [1.82, 2.24) is 5.32 Å². The van der Waals surface area contributed by atoms with Crippen molar-refractivity contribution >= 4 is 40.9 Å². The first-order chi connectivity index (χ1) is 16.0. The highest BCUT2D eigenvalue weighted by atomic mass is 35.5. The number of halogens is 5. The van der Waals surface area contributed by atoms with Crippen LogP contribution >= 0.6 is 23.2 Å². The molecule has 0 saturated carbocycles. The monoisotopic (exact) mass is 512 g/mol. The molecule has 0 fully saturated rings. The molecule has 3 aromatic rings. The summed E-state index contributed by atoms with van der Waals surface area (Å²) in [6.07, 6.45) is -4.43. The van der Waals surface area contributed by atoms with Gasteiger partial charge in [-0.25, -0.2) is 9.59 Å². The molecule has 0 bridgehead atoms. The van der Waals surface area contributed by atoms with E-state index in [0.29, 0.717) is 6.42 Å². The maximum Gasteiger partial charge on any atom is 0.573 e. The van der Waals surface area contributed by atoms with Gasteiger partial charge in [-0.3, -0.25) is 0 Å². The van der Waals surface area contributed by atoms with E-state index < -0.39 is 24.1 Å². The van der Waals surface area contributed by atoms with Gasteiger partial charge < -0.3 is 20.5 Å².